The summed E-state index contributed by atoms with van der Waals surface area (Å²) in [7, 11) is 0. The van der Waals surface area contributed by atoms with Crippen LogP contribution in [0.25, 0.3) is 0 Å². The molecule has 0 aromatic carbocycles. The molecule has 0 radical (unpaired) electrons. The number of ether oxygens (including phenoxy) is 1. The quantitative estimate of drug-likeness (QED) is 0.854. The molecule has 0 saturated carbocycles. The second kappa shape index (κ2) is 8.01. The van der Waals surface area contributed by atoms with Crippen LogP contribution in [0.4, 0.5) is 0 Å². The van der Waals surface area contributed by atoms with Crippen LogP contribution in [0.15, 0.2) is 36.9 Å². The van der Waals surface area contributed by atoms with E-state index in [1.165, 1.54) is 5.56 Å². The lowest BCUT2D eigenvalue weighted by Crippen LogP contribution is -2.54. The van der Waals surface area contributed by atoms with E-state index in [1.54, 1.807) is 6.20 Å². The molecule has 4 heterocycles. The minimum Gasteiger partial charge on any atom is -0.354 e. The van der Waals surface area contributed by atoms with Crippen LogP contribution in [0.5, 0.6) is 0 Å². The highest BCUT2D eigenvalue weighted by Crippen LogP contribution is 2.40. The molecule has 1 N–H and O–H groups in total. The highest BCUT2D eigenvalue weighted by Gasteiger charge is 2.47. The molecule has 2 aromatic rings. The maximum Gasteiger partial charge on any atom is 0.251 e. The number of carbonyl (C=O) groups excluding carboxylic acids is 1. The third-order valence-electron chi connectivity index (χ3n) is 5.62. The van der Waals surface area contributed by atoms with E-state index in [9.17, 15) is 4.79 Å². The van der Waals surface area contributed by atoms with Gasteiger partial charge < -0.3 is 14.6 Å². The SMILES string of the molecule is CC(C)CNC(=O)[C@@H]1Cn2ccnc2C2(CCN(Cc3cccnc3)CC2)O1. The highest BCUT2D eigenvalue weighted by molar-refractivity contribution is 5.80. The smallest absolute Gasteiger partial charge is 0.251 e. The van der Waals surface area contributed by atoms with Crippen molar-refractivity contribution in [2.24, 2.45) is 5.92 Å². The summed E-state index contributed by atoms with van der Waals surface area (Å²) in [4.78, 5) is 23.9. The number of aromatic nitrogens is 3. The summed E-state index contributed by atoms with van der Waals surface area (Å²) in [6, 6.07) is 4.08. The van der Waals surface area contributed by atoms with Crippen molar-refractivity contribution in [2.45, 2.75) is 51.5 Å². The van der Waals surface area contributed by atoms with Gasteiger partial charge in [0.05, 0.1) is 6.54 Å². The van der Waals surface area contributed by atoms with E-state index in [-0.39, 0.29) is 5.91 Å². The summed E-state index contributed by atoms with van der Waals surface area (Å²) in [6.07, 6.45) is 8.70. The lowest BCUT2D eigenvalue weighted by Gasteiger charge is -2.45. The van der Waals surface area contributed by atoms with Crippen LogP contribution in [0, 0.1) is 5.92 Å². The van der Waals surface area contributed by atoms with Crippen LogP contribution < -0.4 is 5.32 Å². The van der Waals surface area contributed by atoms with Crippen LogP contribution in [-0.2, 0) is 28.2 Å². The fraction of sp³-hybridized carbons (Fsp3) is 0.571. The van der Waals surface area contributed by atoms with Gasteiger partial charge in [0.2, 0.25) is 0 Å². The van der Waals surface area contributed by atoms with Gasteiger partial charge in [0.1, 0.15) is 11.4 Å². The molecule has 7 nitrogen and oxygen atoms in total. The Morgan fingerprint density at radius 2 is 2.18 bits per heavy atom. The molecule has 150 valence electrons. The third kappa shape index (κ3) is 3.95. The Hall–Kier alpha value is -2.25. The molecule has 2 aromatic heterocycles. The standard InChI is InChI=1S/C21H29N5O2/c1-16(2)12-24-19(27)18-15-26-11-8-23-20(26)21(28-18)5-9-25(10-6-21)14-17-4-3-7-22-13-17/h3-4,7-8,11,13,16,18H,5-6,9-10,12,14-15H2,1-2H3,(H,24,27)/t18-/m0/s1. The minimum atomic E-state index is -0.479. The van der Waals surface area contributed by atoms with E-state index in [2.05, 4.69) is 44.7 Å². The molecule has 0 unspecified atom stereocenters. The number of rotatable bonds is 5. The zero-order chi connectivity index (χ0) is 19.6. The summed E-state index contributed by atoms with van der Waals surface area (Å²) < 4.78 is 8.56. The molecule has 1 spiro atoms. The Morgan fingerprint density at radius 1 is 1.36 bits per heavy atom. The van der Waals surface area contributed by atoms with Crippen LogP contribution in [-0.4, -0.2) is 51.1 Å². The lowest BCUT2D eigenvalue weighted by atomic mass is 9.88. The van der Waals surface area contributed by atoms with Gasteiger partial charge in [0.15, 0.2) is 6.10 Å². The number of imidazole rings is 1. The third-order valence-corrected chi connectivity index (χ3v) is 5.62. The number of nitrogens with zero attached hydrogens (tertiary/aromatic N) is 4. The number of nitrogens with one attached hydrogen (secondary N) is 1. The van der Waals surface area contributed by atoms with Crippen molar-refractivity contribution in [3.63, 3.8) is 0 Å². The van der Waals surface area contributed by atoms with E-state index in [4.69, 9.17) is 4.74 Å². The van der Waals surface area contributed by atoms with Crippen molar-refractivity contribution in [1.29, 1.82) is 0 Å². The number of piperidine rings is 1. The molecule has 1 saturated heterocycles. The van der Waals surface area contributed by atoms with Gasteiger partial charge in [0.25, 0.3) is 5.91 Å². The molecule has 4 rings (SSSR count). The minimum absolute atomic E-state index is 0.0229. The summed E-state index contributed by atoms with van der Waals surface area (Å²) in [5.41, 5.74) is 0.739. The van der Waals surface area contributed by atoms with Crippen molar-refractivity contribution in [3.8, 4) is 0 Å². The Balaban J connectivity index is 1.45. The van der Waals surface area contributed by atoms with Crippen molar-refractivity contribution in [3.05, 3.63) is 48.3 Å². The molecule has 0 aliphatic carbocycles. The maximum atomic E-state index is 12.7. The fourth-order valence-corrected chi connectivity index (χ4v) is 4.12. The summed E-state index contributed by atoms with van der Waals surface area (Å²) >= 11 is 0. The summed E-state index contributed by atoms with van der Waals surface area (Å²) in [6.45, 7) is 8.08. The first-order chi connectivity index (χ1) is 13.6. The molecule has 1 fully saturated rings. The normalized spacial score (nSPS) is 21.6. The molecule has 1 amide bonds. The molecule has 28 heavy (non-hydrogen) atoms. The first-order valence-corrected chi connectivity index (χ1v) is 10.1. The Labute approximate surface area is 166 Å². The van der Waals surface area contributed by atoms with Crippen LogP contribution in [0.1, 0.15) is 38.1 Å². The summed E-state index contributed by atoms with van der Waals surface area (Å²) in [5.74, 6) is 1.35. The van der Waals surface area contributed by atoms with Gasteiger partial charge in [-0.15, -0.1) is 0 Å². The molecule has 7 heteroatoms. The van der Waals surface area contributed by atoms with E-state index in [0.717, 1.165) is 38.3 Å². The van der Waals surface area contributed by atoms with Crippen molar-refractivity contribution >= 4 is 5.91 Å². The predicted molar refractivity (Wildman–Crippen MR) is 105 cm³/mol. The van der Waals surface area contributed by atoms with Crippen LogP contribution in [0.2, 0.25) is 0 Å². The van der Waals surface area contributed by atoms with Gasteiger partial charge >= 0.3 is 0 Å². The molecular weight excluding hydrogens is 354 g/mol. The molecule has 2 aliphatic heterocycles. The second-order valence-electron chi connectivity index (χ2n) is 8.28. The number of likely N-dealkylation sites (tertiary alicyclic amines) is 1. The molecule has 1 atom stereocenters. The molecular formula is C21H29N5O2. The molecule has 2 aliphatic rings. The van der Waals surface area contributed by atoms with E-state index in [1.807, 2.05) is 24.7 Å². The van der Waals surface area contributed by atoms with Crippen molar-refractivity contribution < 1.29 is 9.53 Å². The Bertz CT molecular complexity index is 796. The maximum absolute atomic E-state index is 12.7. The Kier molecular flexibility index (Phi) is 5.46. The first kappa shape index (κ1) is 19.1. The highest BCUT2D eigenvalue weighted by atomic mass is 16.5. The van der Waals surface area contributed by atoms with Gasteiger partial charge in [-0.25, -0.2) is 4.98 Å². The van der Waals surface area contributed by atoms with Gasteiger partial charge in [0, 0.05) is 51.0 Å². The van der Waals surface area contributed by atoms with Gasteiger partial charge in [-0.2, -0.15) is 0 Å². The fourth-order valence-electron chi connectivity index (χ4n) is 4.12. The second-order valence-corrected chi connectivity index (χ2v) is 8.28. The van der Waals surface area contributed by atoms with Gasteiger partial charge in [-0.3, -0.25) is 14.7 Å². The number of carbonyl (C=O) groups is 1. The zero-order valence-corrected chi connectivity index (χ0v) is 16.7. The monoisotopic (exact) mass is 383 g/mol. The number of hydrogen-bond donors (Lipinski definition) is 1. The van der Waals surface area contributed by atoms with E-state index >= 15 is 0 Å². The van der Waals surface area contributed by atoms with Crippen LogP contribution in [0.3, 0.4) is 0 Å². The van der Waals surface area contributed by atoms with Crippen LogP contribution >= 0.6 is 0 Å². The lowest BCUT2D eigenvalue weighted by molar-refractivity contribution is -0.174. The van der Waals surface area contributed by atoms with Crippen molar-refractivity contribution in [2.75, 3.05) is 19.6 Å². The number of pyridine rings is 1. The molecule has 0 bridgehead atoms. The predicted octanol–water partition coefficient (Wildman–Crippen LogP) is 1.94. The van der Waals surface area contributed by atoms with Gasteiger partial charge in [-0.05, 0) is 30.4 Å². The average molecular weight is 383 g/mol. The largest absolute Gasteiger partial charge is 0.354 e. The first-order valence-electron chi connectivity index (χ1n) is 10.1. The Morgan fingerprint density at radius 3 is 2.89 bits per heavy atom. The average Bonchev–Trinajstić information content (AvgIpc) is 3.18. The van der Waals surface area contributed by atoms with Crippen molar-refractivity contribution in [1.82, 2.24) is 24.8 Å². The number of amides is 1. The number of fused-ring (bicyclic) bond motifs is 2. The van der Waals surface area contributed by atoms with E-state index in [0.29, 0.717) is 19.0 Å². The topological polar surface area (TPSA) is 72.3 Å². The van der Waals surface area contributed by atoms with E-state index < -0.39 is 11.7 Å². The van der Waals surface area contributed by atoms with Gasteiger partial charge in [-0.1, -0.05) is 19.9 Å². The zero-order valence-electron chi connectivity index (χ0n) is 16.7. The summed E-state index contributed by atoms with van der Waals surface area (Å²) in [5, 5.41) is 3.02. The number of hydrogen-bond acceptors (Lipinski definition) is 5.